The van der Waals surface area contributed by atoms with Crippen molar-refractivity contribution < 1.29 is 18.7 Å². The Morgan fingerprint density at radius 1 is 1.33 bits per heavy atom. The van der Waals surface area contributed by atoms with Crippen molar-refractivity contribution in [3.63, 3.8) is 0 Å². The van der Waals surface area contributed by atoms with Crippen LogP contribution in [0.1, 0.15) is 28.9 Å². The maximum Gasteiger partial charge on any atom is 0.337 e. The summed E-state index contributed by atoms with van der Waals surface area (Å²) in [6.07, 6.45) is 3.49. The van der Waals surface area contributed by atoms with E-state index in [9.17, 15) is 9.59 Å². The highest BCUT2D eigenvalue weighted by atomic mass is 32.2. The summed E-state index contributed by atoms with van der Waals surface area (Å²) in [5.41, 5.74) is 1.40. The minimum atomic E-state index is -0.472. The molecule has 4 aromatic rings. The summed E-state index contributed by atoms with van der Waals surface area (Å²) in [5, 5.41) is 2.97. The van der Waals surface area contributed by atoms with E-state index >= 15 is 0 Å². The Labute approximate surface area is 197 Å². The van der Waals surface area contributed by atoms with Gasteiger partial charge in [0.25, 0.3) is 5.56 Å². The van der Waals surface area contributed by atoms with Gasteiger partial charge >= 0.3 is 5.97 Å². The minimum absolute atomic E-state index is 0.0203. The molecule has 4 heterocycles. The van der Waals surface area contributed by atoms with Crippen LogP contribution in [0.15, 0.2) is 56.3 Å². The Kier molecular flexibility index (Phi) is 6.30. The van der Waals surface area contributed by atoms with Crippen molar-refractivity contribution in [3.05, 3.63) is 63.6 Å². The number of hydrogen-bond acceptors (Lipinski definition) is 9. The third-order valence-electron chi connectivity index (χ3n) is 5.38. The number of ether oxygens (including phenoxy) is 2. The van der Waals surface area contributed by atoms with Crippen LogP contribution in [-0.4, -0.2) is 40.3 Å². The summed E-state index contributed by atoms with van der Waals surface area (Å²) in [7, 11) is 1.32. The second-order valence-electron chi connectivity index (χ2n) is 7.58. The highest BCUT2D eigenvalue weighted by Gasteiger charge is 2.21. The summed E-state index contributed by atoms with van der Waals surface area (Å²) in [6, 6.07) is 8.71. The lowest BCUT2D eigenvalue weighted by Gasteiger charge is -2.16. The van der Waals surface area contributed by atoms with Crippen LogP contribution < -0.4 is 5.56 Å². The quantitative estimate of drug-likeness (QED) is 0.217. The SMILES string of the molecule is COC(=O)c1ccc2c(=O)n(C[C@@H]3CCCO3)c(SCc3coc(-c4cccs4)n3)nc2c1. The molecular weight excluding hydrogens is 462 g/mol. The third-order valence-corrected chi connectivity index (χ3v) is 7.25. The maximum absolute atomic E-state index is 13.4. The number of benzene rings is 1. The standard InChI is InChI=1S/C23H21N3O5S2/c1-29-22(28)14-6-7-17-18(10-14)25-23(26(21(17)27)11-16-4-2-8-30-16)33-13-15-12-31-20(24-15)19-5-3-9-32-19/h3,5-7,9-10,12,16H,2,4,8,11,13H2,1H3/t16-/m0/s1. The first-order valence-electron chi connectivity index (χ1n) is 10.5. The predicted octanol–water partition coefficient (Wildman–Crippen LogP) is 4.37. The summed E-state index contributed by atoms with van der Waals surface area (Å²) >= 11 is 2.96. The van der Waals surface area contributed by atoms with Gasteiger partial charge in [0, 0.05) is 12.4 Å². The predicted molar refractivity (Wildman–Crippen MR) is 126 cm³/mol. The number of hydrogen-bond donors (Lipinski definition) is 0. The molecule has 33 heavy (non-hydrogen) atoms. The van der Waals surface area contributed by atoms with Crippen molar-refractivity contribution in [1.29, 1.82) is 0 Å². The Hall–Kier alpha value is -2.95. The van der Waals surface area contributed by atoms with E-state index < -0.39 is 5.97 Å². The van der Waals surface area contributed by atoms with E-state index in [1.807, 2.05) is 17.5 Å². The molecule has 3 aromatic heterocycles. The van der Waals surface area contributed by atoms with Crippen LogP contribution in [0.3, 0.4) is 0 Å². The molecule has 0 saturated carbocycles. The number of thiophene rings is 1. The van der Waals surface area contributed by atoms with Crippen molar-refractivity contribution in [2.45, 2.75) is 36.4 Å². The molecule has 170 valence electrons. The van der Waals surface area contributed by atoms with Gasteiger partial charge in [-0.1, -0.05) is 17.8 Å². The number of aromatic nitrogens is 3. The van der Waals surface area contributed by atoms with Crippen LogP contribution >= 0.6 is 23.1 Å². The topological polar surface area (TPSA) is 96.5 Å². The van der Waals surface area contributed by atoms with Crippen LogP contribution in [0.5, 0.6) is 0 Å². The molecule has 0 aliphatic carbocycles. The summed E-state index contributed by atoms with van der Waals surface area (Å²) in [6.45, 7) is 1.14. The summed E-state index contributed by atoms with van der Waals surface area (Å²) in [4.78, 5) is 35.6. The number of fused-ring (bicyclic) bond motifs is 1. The fourth-order valence-corrected chi connectivity index (χ4v) is 5.28. The van der Waals surface area contributed by atoms with E-state index in [4.69, 9.17) is 18.9 Å². The zero-order valence-corrected chi connectivity index (χ0v) is 19.5. The number of oxazole rings is 1. The Morgan fingerprint density at radius 3 is 3.00 bits per heavy atom. The van der Waals surface area contributed by atoms with E-state index in [0.29, 0.717) is 46.4 Å². The minimum Gasteiger partial charge on any atom is -0.465 e. The summed E-state index contributed by atoms with van der Waals surface area (Å²) in [5.74, 6) is 0.585. The number of thioether (sulfide) groups is 1. The molecule has 0 radical (unpaired) electrons. The molecule has 1 aliphatic heterocycles. The second-order valence-corrected chi connectivity index (χ2v) is 9.47. The van der Waals surface area contributed by atoms with Crippen molar-refractivity contribution in [3.8, 4) is 10.8 Å². The normalized spacial score (nSPS) is 15.8. The van der Waals surface area contributed by atoms with Crippen molar-refractivity contribution in [2.24, 2.45) is 0 Å². The van der Waals surface area contributed by atoms with Gasteiger partial charge in [0.05, 0.1) is 46.8 Å². The third kappa shape index (κ3) is 4.59. The Morgan fingerprint density at radius 2 is 2.24 bits per heavy atom. The molecule has 10 heteroatoms. The molecule has 1 saturated heterocycles. The fraction of sp³-hybridized carbons (Fsp3) is 0.304. The number of rotatable bonds is 7. The summed E-state index contributed by atoms with van der Waals surface area (Å²) < 4.78 is 17.9. The number of carbonyl (C=O) groups excluding carboxylic acids is 1. The van der Waals surface area contributed by atoms with Gasteiger partial charge in [-0.2, -0.15) is 0 Å². The average Bonchev–Trinajstić information content (AvgIpc) is 3.61. The lowest BCUT2D eigenvalue weighted by molar-refractivity contribution is 0.0601. The van der Waals surface area contributed by atoms with Gasteiger partial charge in [-0.05, 0) is 42.5 Å². The van der Waals surface area contributed by atoms with Gasteiger partial charge in [0.1, 0.15) is 6.26 Å². The van der Waals surface area contributed by atoms with E-state index in [2.05, 4.69) is 4.98 Å². The number of carbonyl (C=O) groups is 1. The van der Waals surface area contributed by atoms with Gasteiger partial charge in [0.15, 0.2) is 5.16 Å². The first kappa shape index (κ1) is 21.9. The van der Waals surface area contributed by atoms with E-state index in [1.54, 1.807) is 40.4 Å². The molecule has 1 atom stereocenters. The number of methoxy groups -OCH3 is 1. The average molecular weight is 484 g/mol. The second kappa shape index (κ2) is 9.50. The largest absolute Gasteiger partial charge is 0.465 e. The zero-order valence-electron chi connectivity index (χ0n) is 17.9. The lowest BCUT2D eigenvalue weighted by Crippen LogP contribution is -2.29. The molecule has 0 N–H and O–H groups in total. The highest BCUT2D eigenvalue weighted by Crippen LogP contribution is 2.28. The van der Waals surface area contributed by atoms with Crippen molar-refractivity contribution >= 4 is 40.0 Å². The lowest BCUT2D eigenvalue weighted by atomic mass is 10.1. The molecule has 8 nitrogen and oxygen atoms in total. The van der Waals surface area contributed by atoms with E-state index in [-0.39, 0.29) is 11.7 Å². The maximum atomic E-state index is 13.4. The van der Waals surface area contributed by atoms with Crippen molar-refractivity contribution in [1.82, 2.24) is 14.5 Å². The number of esters is 1. The van der Waals surface area contributed by atoms with Gasteiger partial charge < -0.3 is 13.9 Å². The Balaban J connectivity index is 1.48. The molecular formula is C23H21N3O5S2. The van der Waals surface area contributed by atoms with Gasteiger partial charge in [-0.15, -0.1) is 11.3 Å². The molecule has 0 amide bonds. The van der Waals surface area contributed by atoms with Gasteiger partial charge in [-0.25, -0.2) is 14.8 Å². The van der Waals surface area contributed by atoms with Crippen LogP contribution in [0.25, 0.3) is 21.7 Å². The monoisotopic (exact) mass is 483 g/mol. The molecule has 0 unspecified atom stereocenters. The molecule has 1 aliphatic rings. The smallest absolute Gasteiger partial charge is 0.337 e. The molecule has 1 aromatic carbocycles. The van der Waals surface area contributed by atoms with E-state index in [0.717, 1.165) is 23.4 Å². The van der Waals surface area contributed by atoms with Crippen LogP contribution in [0.4, 0.5) is 0 Å². The fourth-order valence-electron chi connectivity index (χ4n) is 3.73. The van der Waals surface area contributed by atoms with E-state index in [1.165, 1.54) is 18.9 Å². The van der Waals surface area contributed by atoms with Gasteiger partial charge in [-0.3, -0.25) is 9.36 Å². The zero-order chi connectivity index (χ0) is 22.8. The highest BCUT2D eigenvalue weighted by molar-refractivity contribution is 7.98. The first-order chi connectivity index (χ1) is 16.1. The van der Waals surface area contributed by atoms with Gasteiger partial charge in [0.2, 0.25) is 5.89 Å². The molecule has 0 spiro atoms. The van der Waals surface area contributed by atoms with Crippen LogP contribution in [-0.2, 0) is 21.8 Å². The molecule has 5 rings (SSSR count). The molecule has 1 fully saturated rings. The Bertz CT molecular complexity index is 1340. The van der Waals surface area contributed by atoms with Crippen LogP contribution in [0, 0.1) is 0 Å². The molecule has 0 bridgehead atoms. The number of nitrogens with zero attached hydrogens (tertiary/aromatic N) is 3. The first-order valence-corrected chi connectivity index (χ1v) is 12.3. The van der Waals surface area contributed by atoms with Crippen LogP contribution in [0.2, 0.25) is 0 Å². The van der Waals surface area contributed by atoms with Crippen molar-refractivity contribution in [2.75, 3.05) is 13.7 Å².